The second-order valence-corrected chi connectivity index (χ2v) is 2.93. The number of carbonyl (C=O) groups excluding carboxylic acids is 2. The van der Waals surface area contributed by atoms with Gasteiger partial charge >= 0.3 is 5.97 Å². The molecule has 0 amide bonds. The molecule has 0 aliphatic carbocycles. The average molecular weight is 234 g/mol. The lowest BCUT2D eigenvalue weighted by molar-refractivity contribution is -0.385. The summed E-state index contributed by atoms with van der Waals surface area (Å²) in [5.41, 5.74) is -1.20. The summed E-state index contributed by atoms with van der Waals surface area (Å²) in [6.45, 7) is 0. The molecule has 0 N–H and O–H groups in total. The Kier molecular flexibility index (Phi) is 3.51. The van der Waals surface area contributed by atoms with Gasteiger partial charge in [0.2, 0.25) is 0 Å². The van der Waals surface area contributed by atoms with Gasteiger partial charge in [0.05, 0.1) is 28.7 Å². The Balaban J connectivity index is 3.56. The van der Waals surface area contributed by atoms with Gasteiger partial charge in [0.15, 0.2) is 6.29 Å². The molecule has 0 aromatic heterocycles. The molecule has 0 bridgehead atoms. The lowest BCUT2D eigenvalue weighted by atomic mass is 10.0. The summed E-state index contributed by atoms with van der Waals surface area (Å²) < 4.78 is 4.39. The minimum Gasteiger partial charge on any atom is -0.465 e. The largest absolute Gasteiger partial charge is 0.465 e. The number of ether oxygens (including phenoxy) is 1. The third kappa shape index (κ3) is 2.26. The minimum absolute atomic E-state index is 0.149. The Morgan fingerprint density at radius 3 is 2.65 bits per heavy atom. The van der Waals surface area contributed by atoms with E-state index in [-0.39, 0.29) is 23.0 Å². The van der Waals surface area contributed by atoms with Gasteiger partial charge in [0, 0.05) is 6.07 Å². The van der Waals surface area contributed by atoms with Crippen LogP contribution in [0.15, 0.2) is 12.1 Å². The summed E-state index contributed by atoms with van der Waals surface area (Å²) >= 11 is 0. The zero-order valence-corrected chi connectivity index (χ0v) is 8.67. The smallest absolute Gasteiger partial charge is 0.339 e. The van der Waals surface area contributed by atoms with Crippen LogP contribution in [-0.2, 0) is 4.74 Å². The zero-order valence-electron chi connectivity index (χ0n) is 8.67. The van der Waals surface area contributed by atoms with Crippen LogP contribution in [0.5, 0.6) is 0 Å². The number of hydrogen-bond donors (Lipinski definition) is 0. The standard InChI is InChI=1S/C10H6N2O5/c1-17-10(14)8-3-9(12(15)16)7(5-13)2-6(8)4-11/h2-3,5H,1H3. The van der Waals surface area contributed by atoms with E-state index in [0.29, 0.717) is 0 Å². The first-order valence-electron chi connectivity index (χ1n) is 4.31. The normalized spacial score (nSPS) is 9.18. The monoisotopic (exact) mass is 234 g/mol. The van der Waals surface area contributed by atoms with Crippen molar-refractivity contribution in [3.05, 3.63) is 38.9 Å². The Morgan fingerprint density at radius 2 is 2.24 bits per heavy atom. The molecule has 1 aromatic carbocycles. The molecule has 7 heteroatoms. The lowest BCUT2D eigenvalue weighted by Crippen LogP contribution is -2.07. The van der Waals surface area contributed by atoms with Crippen molar-refractivity contribution in [1.29, 1.82) is 5.26 Å². The van der Waals surface area contributed by atoms with Crippen LogP contribution >= 0.6 is 0 Å². The summed E-state index contributed by atoms with van der Waals surface area (Å²) in [6, 6.07) is 3.51. The van der Waals surface area contributed by atoms with Gasteiger partial charge in [0.25, 0.3) is 5.69 Å². The van der Waals surface area contributed by atoms with E-state index in [1.165, 1.54) is 0 Å². The topological polar surface area (TPSA) is 110 Å². The zero-order chi connectivity index (χ0) is 13.0. The van der Waals surface area contributed by atoms with E-state index in [0.717, 1.165) is 19.2 Å². The van der Waals surface area contributed by atoms with Crippen molar-refractivity contribution < 1.29 is 19.2 Å². The highest BCUT2D eigenvalue weighted by Crippen LogP contribution is 2.22. The second kappa shape index (κ2) is 4.85. The summed E-state index contributed by atoms with van der Waals surface area (Å²) in [5, 5.41) is 19.4. The van der Waals surface area contributed by atoms with Gasteiger partial charge in [0.1, 0.15) is 6.07 Å². The van der Waals surface area contributed by atoms with E-state index in [4.69, 9.17) is 5.26 Å². The molecule has 0 unspecified atom stereocenters. The molecule has 0 saturated heterocycles. The predicted octanol–water partition coefficient (Wildman–Crippen LogP) is 1.07. The fourth-order valence-corrected chi connectivity index (χ4v) is 1.23. The van der Waals surface area contributed by atoms with Crippen molar-refractivity contribution in [2.75, 3.05) is 7.11 Å². The summed E-state index contributed by atoms with van der Waals surface area (Å²) in [6.07, 6.45) is 0.250. The number of nitriles is 1. The Hall–Kier alpha value is -2.75. The van der Waals surface area contributed by atoms with Crippen LogP contribution in [0.4, 0.5) is 5.69 Å². The van der Waals surface area contributed by atoms with Crippen LogP contribution in [0.2, 0.25) is 0 Å². The maximum absolute atomic E-state index is 11.3. The van der Waals surface area contributed by atoms with Crippen molar-refractivity contribution in [3.63, 3.8) is 0 Å². The molecule has 0 spiro atoms. The molecule has 0 fully saturated rings. The first-order chi connectivity index (χ1) is 8.04. The van der Waals surface area contributed by atoms with E-state index in [1.54, 1.807) is 6.07 Å². The van der Waals surface area contributed by atoms with Crippen molar-refractivity contribution in [3.8, 4) is 6.07 Å². The summed E-state index contributed by atoms with van der Waals surface area (Å²) in [4.78, 5) is 31.8. The van der Waals surface area contributed by atoms with E-state index >= 15 is 0 Å². The van der Waals surface area contributed by atoms with Crippen LogP contribution in [-0.4, -0.2) is 24.3 Å². The third-order valence-corrected chi connectivity index (χ3v) is 2.02. The molecular weight excluding hydrogens is 228 g/mol. The van der Waals surface area contributed by atoms with E-state index in [2.05, 4.69) is 4.74 Å². The number of methoxy groups -OCH3 is 1. The molecule has 0 saturated carbocycles. The van der Waals surface area contributed by atoms with Gasteiger partial charge in [-0.2, -0.15) is 5.26 Å². The number of nitro groups is 1. The van der Waals surface area contributed by atoms with Gasteiger partial charge < -0.3 is 4.74 Å². The van der Waals surface area contributed by atoms with Crippen LogP contribution in [0.1, 0.15) is 26.3 Å². The van der Waals surface area contributed by atoms with Crippen LogP contribution in [0.3, 0.4) is 0 Å². The molecular formula is C10H6N2O5. The molecule has 0 heterocycles. The number of rotatable bonds is 3. The van der Waals surface area contributed by atoms with Crippen molar-refractivity contribution >= 4 is 17.9 Å². The van der Waals surface area contributed by atoms with Crippen molar-refractivity contribution in [2.24, 2.45) is 0 Å². The number of benzene rings is 1. The summed E-state index contributed by atoms with van der Waals surface area (Å²) in [5.74, 6) is -0.873. The van der Waals surface area contributed by atoms with Gasteiger partial charge in [-0.05, 0) is 6.07 Å². The highest BCUT2D eigenvalue weighted by Gasteiger charge is 2.21. The molecule has 1 aromatic rings. The average Bonchev–Trinajstić information content (AvgIpc) is 2.35. The fourth-order valence-electron chi connectivity index (χ4n) is 1.23. The molecule has 0 radical (unpaired) electrons. The molecule has 0 atom stereocenters. The molecule has 17 heavy (non-hydrogen) atoms. The van der Waals surface area contributed by atoms with Crippen LogP contribution in [0, 0.1) is 21.4 Å². The molecule has 0 aliphatic heterocycles. The van der Waals surface area contributed by atoms with Crippen molar-refractivity contribution in [2.45, 2.75) is 0 Å². The van der Waals surface area contributed by atoms with E-state index in [1.807, 2.05) is 0 Å². The van der Waals surface area contributed by atoms with Crippen LogP contribution < -0.4 is 0 Å². The van der Waals surface area contributed by atoms with E-state index < -0.39 is 16.6 Å². The number of carbonyl (C=O) groups is 2. The first-order valence-corrected chi connectivity index (χ1v) is 4.31. The Bertz CT molecular complexity index is 544. The van der Waals surface area contributed by atoms with Gasteiger partial charge in [-0.15, -0.1) is 0 Å². The molecule has 86 valence electrons. The van der Waals surface area contributed by atoms with E-state index in [9.17, 15) is 19.7 Å². The highest BCUT2D eigenvalue weighted by atomic mass is 16.6. The second-order valence-electron chi connectivity index (χ2n) is 2.93. The molecule has 0 aliphatic rings. The van der Waals surface area contributed by atoms with Gasteiger partial charge in [-0.1, -0.05) is 0 Å². The maximum Gasteiger partial charge on any atom is 0.339 e. The Labute approximate surface area is 95.4 Å². The summed E-state index contributed by atoms with van der Waals surface area (Å²) in [7, 11) is 1.09. The Morgan fingerprint density at radius 1 is 1.59 bits per heavy atom. The number of esters is 1. The maximum atomic E-state index is 11.3. The quantitative estimate of drug-likeness (QED) is 0.334. The number of aldehydes is 1. The number of hydrogen-bond acceptors (Lipinski definition) is 6. The van der Waals surface area contributed by atoms with Gasteiger partial charge in [-0.25, -0.2) is 4.79 Å². The minimum atomic E-state index is -0.873. The fraction of sp³-hybridized carbons (Fsp3) is 0.100. The number of nitrogens with zero attached hydrogens (tertiary/aromatic N) is 2. The third-order valence-electron chi connectivity index (χ3n) is 2.02. The van der Waals surface area contributed by atoms with Crippen molar-refractivity contribution in [1.82, 2.24) is 0 Å². The predicted molar refractivity (Wildman–Crippen MR) is 54.5 cm³/mol. The molecule has 7 nitrogen and oxygen atoms in total. The first kappa shape index (κ1) is 12.3. The molecule has 1 rings (SSSR count). The lowest BCUT2D eigenvalue weighted by Gasteiger charge is -2.03. The number of nitro benzene ring substituents is 1. The van der Waals surface area contributed by atoms with Crippen LogP contribution in [0.25, 0.3) is 0 Å². The SMILES string of the molecule is COC(=O)c1cc([N+](=O)[O-])c(C=O)cc1C#N. The van der Waals surface area contributed by atoms with Gasteiger partial charge in [-0.3, -0.25) is 14.9 Å². The highest BCUT2D eigenvalue weighted by molar-refractivity contribution is 5.95.